The molecule has 1 amide bonds. The van der Waals surface area contributed by atoms with Crippen LogP contribution in [0.15, 0.2) is 24.3 Å². The minimum atomic E-state index is -0.567. The van der Waals surface area contributed by atoms with E-state index in [-0.39, 0.29) is 24.7 Å². The third-order valence-corrected chi connectivity index (χ3v) is 3.52. The first-order valence-electron chi connectivity index (χ1n) is 6.96. The molecular weight excluding hydrogens is 258 g/mol. The molecule has 20 heavy (non-hydrogen) atoms. The molecule has 1 saturated heterocycles. The van der Waals surface area contributed by atoms with Crippen LogP contribution in [0, 0.1) is 0 Å². The zero-order chi connectivity index (χ0) is 14.1. The van der Waals surface area contributed by atoms with Gasteiger partial charge in [0, 0.05) is 13.1 Å². The van der Waals surface area contributed by atoms with Crippen molar-refractivity contribution in [1.29, 1.82) is 0 Å². The molecule has 2 aliphatic heterocycles. The second-order valence-corrected chi connectivity index (χ2v) is 5.36. The zero-order valence-electron chi connectivity index (χ0n) is 11.7. The van der Waals surface area contributed by atoms with Crippen molar-refractivity contribution in [1.82, 2.24) is 4.90 Å². The van der Waals surface area contributed by atoms with Crippen LogP contribution in [-0.4, -0.2) is 48.8 Å². The van der Waals surface area contributed by atoms with E-state index in [9.17, 15) is 4.79 Å². The fourth-order valence-corrected chi connectivity index (χ4v) is 2.70. The van der Waals surface area contributed by atoms with Crippen LogP contribution < -0.4 is 9.47 Å². The number of fused-ring (bicyclic) bond motifs is 1. The smallest absolute Gasteiger partial charge is 0.267 e. The molecule has 1 aromatic rings. The normalized spacial score (nSPS) is 29.1. The topological polar surface area (TPSA) is 48.0 Å². The van der Waals surface area contributed by atoms with Gasteiger partial charge < -0.3 is 19.1 Å². The zero-order valence-corrected chi connectivity index (χ0v) is 11.7. The number of carbonyl (C=O) groups excluding carboxylic acids is 1. The number of hydrogen-bond acceptors (Lipinski definition) is 4. The van der Waals surface area contributed by atoms with Gasteiger partial charge in [-0.25, -0.2) is 0 Å². The highest BCUT2D eigenvalue weighted by Crippen LogP contribution is 2.31. The van der Waals surface area contributed by atoms with E-state index in [2.05, 4.69) is 0 Å². The highest BCUT2D eigenvalue weighted by Gasteiger charge is 2.34. The first-order valence-corrected chi connectivity index (χ1v) is 6.96. The van der Waals surface area contributed by atoms with Crippen molar-refractivity contribution in [2.45, 2.75) is 32.2 Å². The molecular formula is C15H19NO4. The third-order valence-electron chi connectivity index (χ3n) is 3.52. The summed E-state index contributed by atoms with van der Waals surface area (Å²) in [5.41, 5.74) is 0. The van der Waals surface area contributed by atoms with Gasteiger partial charge in [0.05, 0.1) is 12.2 Å². The minimum Gasteiger partial charge on any atom is -0.485 e. The van der Waals surface area contributed by atoms with Gasteiger partial charge in [-0.3, -0.25) is 4.79 Å². The van der Waals surface area contributed by atoms with Gasteiger partial charge in [0.15, 0.2) is 11.5 Å². The van der Waals surface area contributed by atoms with Crippen molar-refractivity contribution >= 4 is 5.91 Å². The van der Waals surface area contributed by atoms with E-state index in [0.717, 1.165) is 0 Å². The summed E-state index contributed by atoms with van der Waals surface area (Å²) in [6.07, 6.45) is -0.457. The highest BCUT2D eigenvalue weighted by molar-refractivity contribution is 5.82. The molecule has 5 nitrogen and oxygen atoms in total. The Hall–Kier alpha value is -1.75. The molecule has 0 aliphatic carbocycles. The molecule has 0 N–H and O–H groups in total. The average Bonchev–Trinajstić information content (AvgIpc) is 2.45. The Labute approximate surface area is 118 Å². The van der Waals surface area contributed by atoms with Gasteiger partial charge in [0.1, 0.15) is 6.61 Å². The summed E-state index contributed by atoms with van der Waals surface area (Å²) in [4.78, 5) is 14.3. The highest BCUT2D eigenvalue weighted by atomic mass is 16.6. The molecule has 0 unspecified atom stereocenters. The van der Waals surface area contributed by atoms with E-state index in [1.807, 2.05) is 38.1 Å². The van der Waals surface area contributed by atoms with E-state index < -0.39 is 6.10 Å². The maximum absolute atomic E-state index is 12.5. The predicted octanol–water partition coefficient (Wildman–Crippen LogP) is 1.46. The number of nitrogens with zero attached hydrogens (tertiary/aromatic N) is 1. The van der Waals surface area contributed by atoms with Gasteiger partial charge >= 0.3 is 0 Å². The molecule has 1 aromatic carbocycles. The molecule has 0 aromatic heterocycles. The Morgan fingerprint density at radius 2 is 1.80 bits per heavy atom. The van der Waals surface area contributed by atoms with Crippen molar-refractivity contribution in [3.63, 3.8) is 0 Å². The number of carbonyl (C=O) groups is 1. The Morgan fingerprint density at radius 1 is 1.15 bits per heavy atom. The summed E-state index contributed by atoms with van der Waals surface area (Å²) >= 11 is 0. The number of amides is 1. The summed E-state index contributed by atoms with van der Waals surface area (Å²) in [7, 11) is 0. The van der Waals surface area contributed by atoms with E-state index in [1.54, 1.807) is 4.90 Å². The standard InChI is InChI=1S/C15H19NO4/c1-10-7-16(8-11(2)19-10)15(17)14-9-18-12-5-3-4-6-13(12)20-14/h3-6,10-11,14H,7-9H2,1-2H3/t10-,11+,14-/m1/s1. The van der Waals surface area contributed by atoms with Gasteiger partial charge in [-0.2, -0.15) is 0 Å². The van der Waals surface area contributed by atoms with E-state index >= 15 is 0 Å². The quantitative estimate of drug-likeness (QED) is 0.780. The fourth-order valence-electron chi connectivity index (χ4n) is 2.70. The fraction of sp³-hybridized carbons (Fsp3) is 0.533. The molecule has 0 radical (unpaired) electrons. The maximum atomic E-state index is 12.5. The number of benzene rings is 1. The molecule has 108 valence electrons. The molecule has 3 rings (SSSR count). The predicted molar refractivity (Wildman–Crippen MR) is 72.9 cm³/mol. The second-order valence-electron chi connectivity index (χ2n) is 5.36. The second kappa shape index (κ2) is 5.32. The largest absolute Gasteiger partial charge is 0.485 e. The van der Waals surface area contributed by atoms with Gasteiger partial charge in [-0.05, 0) is 26.0 Å². The first kappa shape index (κ1) is 13.2. The lowest BCUT2D eigenvalue weighted by atomic mass is 10.2. The Morgan fingerprint density at radius 3 is 2.50 bits per heavy atom. The molecule has 2 heterocycles. The lowest BCUT2D eigenvalue weighted by molar-refractivity contribution is -0.152. The molecule has 2 aliphatic rings. The van der Waals surface area contributed by atoms with Gasteiger partial charge in [-0.15, -0.1) is 0 Å². The van der Waals surface area contributed by atoms with Crippen molar-refractivity contribution in [3.05, 3.63) is 24.3 Å². The summed E-state index contributed by atoms with van der Waals surface area (Å²) < 4.78 is 17.0. The van der Waals surface area contributed by atoms with Crippen molar-refractivity contribution in [2.24, 2.45) is 0 Å². The van der Waals surface area contributed by atoms with Gasteiger partial charge in [-0.1, -0.05) is 12.1 Å². The number of para-hydroxylation sites is 2. The Balaban J connectivity index is 1.69. The average molecular weight is 277 g/mol. The van der Waals surface area contributed by atoms with Gasteiger partial charge in [0.25, 0.3) is 5.91 Å². The number of ether oxygens (including phenoxy) is 3. The van der Waals surface area contributed by atoms with Crippen LogP contribution in [0.3, 0.4) is 0 Å². The molecule has 0 bridgehead atoms. The summed E-state index contributed by atoms with van der Waals surface area (Å²) in [6.45, 7) is 5.41. The number of morpholine rings is 1. The van der Waals surface area contributed by atoms with Crippen LogP contribution in [0.25, 0.3) is 0 Å². The Kier molecular flexibility index (Phi) is 3.53. The molecule has 0 spiro atoms. The van der Waals surface area contributed by atoms with Crippen LogP contribution in [0.5, 0.6) is 11.5 Å². The lowest BCUT2D eigenvalue weighted by Crippen LogP contribution is -2.54. The number of rotatable bonds is 1. The monoisotopic (exact) mass is 277 g/mol. The Bertz CT molecular complexity index is 494. The van der Waals surface area contributed by atoms with Crippen LogP contribution in [0.4, 0.5) is 0 Å². The van der Waals surface area contributed by atoms with Crippen LogP contribution in [-0.2, 0) is 9.53 Å². The first-order chi connectivity index (χ1) is 9.63. The van der Waals surface area contributed by atoms with Crippen LogP contribution in [0.1, 0.15) is 13.8 Å². The molecule has 3 atom stereocenters. The third kappa shape index (κ3) is 2.58. The van der Waals surface area contributed by atoms with Crippen molar-refractivity contribution in [3.8, 4) is 11.5 Å². The minimum absolute atomic E-state index is 0.0264. The van der Waals surface area contributed by atoms with Crippen molar-refractivity contribution in [2.75, 3.05) is 19.7 Å². The summed E-state index contributed by atoms with van der Waals surface area (Å²) in [5, 5.41) is 0. The summed E-state index contributed by atoms with van der Waals surface area (Å²) in [5.74, 6) is 1.30. The lowest BCUT2D eigenvalue weighted by Gasteiger charge is -2.37. The van der Waals surface area contributed by atoms with E-state index in [4.69, 9.17) is 14.2 Å². The molecule has 5 heteroatoms. The van der Waals surface area contributed by atoms with Gasteiger partial charge in [0.2, 0.25) is 6.10 Å². The van der Waals surface area contributed by atoms with E-state index in [1.165, 1.54) is 0 Å². The summed E-state index contributed by atoms with van der Waals surface area (Å²) in [6, 6.07) is 7.41. The molecule has 0 saturated carbocycles. The van der Waals surface area contributed by atoms with Crippen molar-refractivity contribution < 1.29 is 19.0 Å². The number of hydrogen-bond donors (Lipinski definition) is 0. The van der Waals surface area contributed by atoms with Crippen LogP contribution in [0.2, 0.25) is 0 Å². The SMILES string of the molecule is C[C@@H]1CN(C(=O)[C@H]2COc3ccccc3O2)C[C@H](C)O1. The van der Waals surface area contributed by atoms with Crippen LogP contribution >= 0.6 is 0 Å². The molecule has 1 fully saturated rings. The maximum Gasteiger partial charge on any atom is 0.267 e. The van der Waals surface area contributed by atoms with E-state index in [0.29, 0.717) is 24.6 Å².